The molecule has 1 aliphatic heterocycles. The molecule has 0 saturated carbocycles. The first-order chi connectivity index (χ1) is 7.18. The second kappa shape index (κ2) is 6.67. The van der Waals surface area contributed by atoms with Gasteiger partial charge in [0.05, 0.1) is 6.61 Å². The van der Waals surface area contributed by atoms with Crippen molar-refractivity contribution in [3.05, 3.63) is 0 Å². The maximum absolute atomic E-state index is 11.2. The molecule has 0 radical (unpaired) electrons. The highest BCUT2D eigenvalue weighted by Crippen LogP contribution is 2.05. The maximum Gasteiger partial charge on any atom is 0.407 e. The normalized spacial score (nSPS) is 21.4. The molecule has 1 atom stereocenters. The molecule has 0 aromatic carbocycles. The van der Waals surface area contributed by atoms with Crippen LogP contribution in [0.15, 0.2) is 0 Å². The molecule has 1 heterocycles. The Kier molecular flexibility index (Phi) is 5.47. The first kappa shape index (κ1) is 12.3. The smallest absolute Gasteiger partial charge is 0.407 e. The highest BCUT2D eigenvalue weighted by Gasteiger charge is 2.13. The lowest BCUT2D eigenvalue weighted by Crippen LogP contribution is -2.43. The van der Waals surface area contributed by atoms with Crippen molar-refractivity contribution in [2.75, 3.05) is 19.7 Å². The second-order valence-electron chi connectivity index (χ2n) is 4.52. The summed E-state index contributed by atoms with van der Waals surface area (Å²) in [6.45, 7) is 6.28. The zero-order chi connectivity index (χ0) is 11.1. The third kappa shape index (κ3) is 5.62. The van der Waals surface area contributed by atoms with Crippen LogP contribution in [-0.4, -0.2) is 31.8 Å². The Morgan fingerprint density at radius 1 is 1.53 bits per heavy atom. The lowest BCUT2D eigenvalue weighted by molar-refractivity contribution is 0.131. The molecule has 1 fully saturated rings. The summed E-state index contributed by atoms with van der Waals surface area (Å²) < 4.78 is 5.02. The number of alkyl carbamates (subject to hydrolysis) is 1. The van der Waals surface area contributed by atoms with E-state index >= 15 is 0 Å². The van der Waals surface area contributed by atoms with E-state index in [9.17, 15) is 4.79 Å². The first-order valence-electron chi connectivity index (χ1n) is 5.82. The number of ether oxygens (including phenoxy) is 1. The van der Waals surface area contributed by atoms with Crippen LogP contribution in [0.1, 0.15) is 33.1 Å². The highest BCUT2D eigenvalue weighted by atomic mass is 16.5. The maximum atomic E-state index is 11.2. The molecule has 0 aromatic heterocycles. The van der Waals surface area contributed by atoms with E-state index in [4.69, 9.17) is 4.74 Å². The fourth-order valence-corrected chi connectivity index (χ4v) is 1.60. The van der Waals surface area contributed by atoms with Gasteiger partial charge in [0.25, 0.3) is 0 Å². The molecule has 4 nitrogen and oxygen atoms in total. The van der Waals surface area contributed by atoms with E-state index in [1.54, 1.807) is 0 Å². The number of amides is 1. The third-order valence-electron chi connectivity index (χ3n) is 2.45. The van der Waals surface area contributed by atoms with Crippen LogP contribution in [0.5, 0.6) is 0 Å². The summed E-state index contributed by atoms with van der Waals surface area (Å²) in [7, 11) is 0. The van der Waals surface area contributed by atoms with Gasteiger partial charge < -0.3 is 15.4 Å². The number of piperidine rings is 1. The van der Waals surface area contributed by atoms with E-state index in [1.807, 2.05) is 13.8 Å². The molecule has 4 heteroatoms. The molecule has 88 valence electrons. The number of hydrogen-bond donors (Lipinski definition) is 2. The zero-order valence-corrected chi connectivity index (χ0v) is 9.71. The summed E-state index contributed by atoms with van der Waals surface area (Å²) in [5.74, 6) is 0.392. The standard InChI is InChI=1S/C11H22N2O2/c1-9(2)8-15-11(14)13-7-10-5-3-4-6-12-10/h9-10,12H,3-8H2,1-2H3,(H,13,14). The summed E-state index contributed by atoms with van der Waals surface area (Å²) in [4.78, 5) is 11.2. The topological polar surface area (TPSA) is 50.4 Å². The number of carbonyl (C=O) groups is 1. The summed E-state index contributed by atoms with van der Waals surface area (Å²) in [5, 5.41) is 6.15. The van der Waals surface area contributed by atoms with Gasteiger partial charge >= 0.3 is 6.09 Å². The Bertz CT molecular complexity index is 189. The molecule has 0 aromatic rings. The van der Waals surface area contributed by atoms with Crippen molar-refractivity contribution in [1.82, 2.24) is 10.6 Å². The molecule has 1 unspecified atom stereocenters. The molecule has 1 rings (SSSR count). The van der Waals surface area contributed by atoms with Crippen LogP contribution < -0.4 is 10.6 Å². The molecule has 1 aliphatic rings. The van der Waals surface area contributed by atoms with Gasteiger partial charge in [-0.15, -0.1) is 0 Å². The van der Waals surface area contributed by atoms with Crippen molar-refractivity contribution < 1.29 is 9.53 Å². The van der Waals surface area contributed by atoms with Crippen molar-refractivity contribution in [2.45, 2.75) is 39.2 Å². The average molecular weight is 214 g/mol. The summed E-state index contributed by atoms with van der Waals surface area (Å²) >= 11 is 0. The summed E-state index contributed by atoms with van der Waals surface area (Å²) in [6.07, 6.45) is 3.34. The molecular formula is C11H22N2O2. The average Bonchev–Trinajstić information content (AvgIpc) is 2.25. The molecule has 2 N–H and O–H groups in total. The minimum Gasteiger partial charge on any atom is -0.449 e. The molecule has 1 saturated heterocycles. The van der Waals surface area contributed by atoms with Crippen LogP contribution in [0.4, 0.5) is 4.79 Å². The van der Waals surface area contributed by atoms with E-state index in [-0.39, 0.29) is 6.09 Å². The number of carbonyl (C=O) groups excluding carboxylic acids is 1. The quantitative estimate of drug-likeness (QED) is 0.746. The second-order valence-corrected chi connectivity index (χ2v) is 4.52. The molecular weight excluding hydrogens is 192 g/mol. The van der Waals surface area contributed by atoms with Gasteiger partial charge in [-0.25, -0.2) is 4.79 Å². The Morgan fingerprint density at radius 2 is 2.33 bits per heavy atom. The van der Waals surface area contributed by atoms with Crippen LogP contribution in [0.2, 0.25) is 0 Å². The van der Waals surface area contributed by atoms with Gasteiger partial charge in [-0.3, -0.25) is 0 Å². The van der Waals surface area contributed by atoms with Gasteiger partial charge in [-0.2, -0.15) is 0 Å². The lowest BCUT2D eigenvalue weighted by atomic mass is 10.1. The van der Waals surface area contributed by atoms with E-state index in [0.717, 1.165) is 13.0 Å². The number of nitrogens with one attached hydrogen (secondary N) is 2. The number of hydrogen-bond acceptors (Lipinski definition) is 3. The van der Waals surface area contributed by atoms with Crippen LogP contribution in [0, 0.1) is 5.92 Å². The largest absolute Gasteiger partial charge is 0.449 e. The van der Waals surface area contributed by atoms with Crippen LogP contribution >= 0.6 is 0 Å². The molecule has 0 aliphatic carbocycles. The number of rotatable bonds is 4. The Balaban J connectivity index is 2.05. The molecule has 1 amide bonds. The predicted molar refractivity (Wildman–Crippen MR) is 59.8 cm³/mol. The fraction of sp³-hybridized carbons (Fsp3) is 0.909. The zero-order valence-electron chi connectivity index (χ0n) is 9.71. The van der Waals surface area contributed by atoms with Crippen molar-refractivity contribution in [1.29, 1.82) is 0 Å². The predicted octanol–water partition coefficient (Wildman–Crippen LogP) is 1.51. The SMILES string of the molecule is CC(C)COC(=O)NCC1CCCCN1. The van der Waals surface area contributed by atoms with Crippen LogP contribution in [-0.2, 0) is 4.74 Å². The fourth-order valence-electron chi connectivity index (χ4n) is 1.60. The van der Waals surface area contributed by atoms with Crippen molar-refractivity contribution in [3.8, 4) is 0 Å². The lowest BCUT2D eigenvalue weighted by Gasteiger charge is -2.23. The van der Waals surface area contributed by atoms with Crippen molar-refractivity contribution >= 4 is 6.09 Å². The van der Waals surface area contributed by atoms with Gasteiger partial charge in [-0.1, -0.05) is 20.3 Å². The molecule has 0 spiro atoms. The van der Waals surface area contributed by atoms with Crippen molar-refractivity contribution in [3.63, 3.8) is 0 Å². The third-order valence-corrected chi connectivity index (χ3v) is 2.45. The van der Waals surface area contributed by atoms with Crippen LogP contribution in [0.3, 0.4) is 0 Å². The van der Waals surface area contributed by atoms with E-state index < -0.39 is 0 Å². The molecule has 0 bridgehead atoms. The van der Waals surface area contributed by atoms with Gasteiger partial charge in [0, 0.05) is 12.6 Å². The summed E-state index contributed by atoms with van der Waals surface area (Å²) in [5.41, 5.74) is 0. The molecule has 15 heavy (non-hydrogen) atoms. The summed E-state index contributed by atoms with van der Waals surface area (Å²) in [6, 6.07) is 0.422. The Hall–Kier alpha value is -0.770. The van der Waals surface area contributed by atoms with E-state index in [1.165, 1.54) is 12.8 Å². The monoisotopic (exact) mass is 214 g/mol. The van der Waals surface area contributed by atoms with Crippen LogP contribution in [0.25, 0.3) is 0 Å². The van der Waals surface area contributed by atoms with Gasteiger partial charge in [0.2, 0.25) is 0 Å². The van der Waals surface area contributed by atoms with Gasteiger partial charge in [-0.05, 0) is 25.3 Å². The first-order valence-corrected chi connectivity index (χ1v) is 5.82. The van der Waals surface area contributed by atoms with Gasteiger partial charge in [0.15, 0.2) is 0 Å². The van der Waals surface area contributed by atoms with Gasteiger partial charge in [0.1, 0.15) is 0 Å². The van der Waals surface area contributed by atoms with E-state index in [0.29, 0.717) is 25.1 Å². The van der Waals surface area contributed by atoms with E-state index in [2.05, 4.69) is 10.6 Å². The Morgan fingerprint density at radius 3 is 2.93 bits per heavy atom. The minimum atomic E-state index is -0.295. The Labute approximate surface area is 91.8 Å². The van der Waals surface area contributed by atoms with Crippen molar-refractivity contribution in [2.24, 2.45) is 5.92 Å². The highest BCUT2D eigenvalue weighted by molar-refractivity contribution is 5.67. The minimum absolute atomic E-state index is 0.295.